The highest BCUT2D eigenvalue weighted by Gasteiger charge is 2.46. The van der Waals surface area contributed by atoms with E-state index in [2.05, 4.69) is 73.3 Å². The van der Waals surface area contributed by atoms with Crippen molar-refractivity contribution in [1.29, 1.82) is 0 Å². The predicted molar refractivity (Wildman–Crippen MR) is 284 cm³/mol. The van der Waals surface area contributed by atoms with Crippen molar-refractivity contribution in [2.75, 3.05) is 69.7 Å². The van der Waals surface area contributed by atoms with Crippen LogP contribution < -0.4 is 30.9 Å². The maximum Gasteiger partial charge on any atom is 0.257 e. The Labute approximate surface area is 438 Å². The summed E-state index contributed by atoms with van der Waals surface area (Å²) in [6, 6.07) is 8.62. The van der Waals surface area contributed by atoms with Crippen LogP contribution in [0.3, 0.4) is 0 Å². The van der Waals surface area contributed by atoms with Crippen molar-refractivity contribution in [3.8, 4) is 5.75 Å². The van der Waals surface area contributed by atoms with Crippen molar-refractivity contribution >= 4 is 62.0 Å². The molecule has 0 radical (unpaired) electrons. The second-order valence-electron chi connectivity index (χ2n) is 21.2. The van der Waals surface area contributed by atoms with E-state index in [0.29, 0.717) is 80.3 Å². The number of ether oxygens (including phenoxy) is 1. The molecule has 3 saturated heterocycles. The standard InChI is InChI=1S/C53H70N14O7S/c1-32-33(2)62-63-46(32)61-47-39-26-45(75(72,73)53(4,5)6)44(27-41(39)57-31-58-47)74-25-11-19-64-21-23-65(24-22-64)52-55-28-36(29-56-52)50(70)66-20-18-37-16-17-43(67(37)51(71)42(30-66)60-48(68)34(3)54-7)49(69)59-40-15-10-13-35-12-8-9-14-38(35)40/h8-9,12,14,26-29,31,34,37,40,42-43,54H,10-11,13,15-25,30H2,1-7H3,(H,59,69)(H,60,68)(H2,57,58,61,62,63)/t34-,37+,40+,42-,43-/m0/s1. The molecule has 0 saturated carbocycles. The fraction of sp³-hybridized carbons (Fsp3) is 0.528. The Morgan fingerprint density at radius 2 is 1.67 bits per heavy atom. The van der Waals surface area contributed by atoms with Crippen LogP contribution in [0, 0.1) is 13.8 Å². The first-order valence-corrected chi connectivity index (χ1v) is 27.6. The van der Waals surface area contributed by atoms with Crippen LogP contribution >= 0.6 is 0 Å². The molecule has 0 bridgehead atoms. The number of benzene rings is 2. The number of carbonyl (C=O) groups excluding carboxylic acids is 4. The zero-order valence-corrected chi connectivity index (χ0v) is 44.8. The topological polar surface area (TPSA) is 253 Å². The first kappa shape index (κ1) is 53.1. The number of fused-ring (bicyclic) bond motifs is 3. The predicted octanol–water partition coefficient (Wildman–Crippen LogP) is 4.16. The van der Waals surface area contributed by atoms with Crippen LogP contribution in [0.1, 0.15) is 105 Å². The fourth-order valence-corrected chi connectivity index (χ4v) is 11.8. The third-order valence-electron chi connectivity index (χ3n) is 15.3. The lowest BCUT2D eigenvalue weighted by Gasteiger charge is -2.39. The van der Waals surface area contributed by atoms with E-state index in [1.165, 1.54) is 24.3 Å². The summed E-state index contributed by atoms with van der Waals surface area (Å²) in [5.41, 5.74) is 4.96. The number of anilines is 3. The molecule has 4 aliphatic rings. The van der Waals surface area contributed by atoms with Crippen molar-refractivity contribution in [2.45, 2.75) is 126 Å². The minimum absolute atomic E-state index is 0.0683. The molecule has 3 aliphatic heterocycles. The van der Waals surface area contributed by atoms with E-state index < -0.39 is 32.7 Å². The number of hydrogen-bond donors (Lipinski definition) is 5. The molecular formula is C53H70N14O7S. The molecule has 5 aromatic rings. The van der Waals surface area contributed by atoms with E-state index >= 15 is 0 Å². The van der Waals surface area contributed by atoms with E-state index in [4.69, 9.17) is 4.74 Å². The van der Waals surface area contributed by atoms with Crippen LogP contribution in [-0.2, 0) is 30.6 Å². The Hall–Kier alpha value is -6.78. The summed E-state index contributed by atoms with van der Waals surface area (Å²) in [5, 5.41) is 20.1. The summed E-state index contributed by atoms with van der Waals surface area (Å²) in [6.45, 7) is 14.5. The molecule has 21 nitrogen and oxygen atoms in total. The molecular weight excluding hydrogens is 977 g/mol. The van der Waals surface area contributed by atoms with E-state index in [-0.39, 0.29) is 65.1 Å². The van der Waals surface area contributed by atoms with E-state index in [9.17, 15) is 27.6 Å². The molecule has 2 aromatic carbocycles. The van der Waals surface area contributed by atoms with Gasteiger partial charge in [-0.05, 0) is 111 Å². The summed E-state index contributed by atoms with van der Waals surface area (Å²) in [4.78, 5) is 82.0. The molecule has 22 heteroatoms. The van der Waals surface area contributed by atoms with Crippen molar-refractivity contribution in [3.63, 3.8) is 0 Å². The van der Waals surface area contributed by atoms with Gasteiger partial charge in [-0.3, -0.25) is 29.2 Å². The first-order chi connectivity index (χ1) is 35.9. The number of piperazine rings is 1. The van der Waals surface area contributed by atoms with Crippen molar-refractivity contribution < 1.29 is 32.3 Å². The molecule has 400 valence electrons. The summed E-state index contributed by atoms with van der Waals surface area (Å²) in [5.74, 6) is 0.432. The van der Waals surface area contributed by atoms with Crippen LogP contribution in [0.2, 0.25) is 0 Å². The van der Waals surface area contributed by atoms with Crippen LogP contribution in [0.15, 0.2) is 60.0 Å². The summed E-state index contributed by atoms with van der Waals surface area (Å²) < 4.78 is 33.1. The van der Waals surface area contributed by atoms with Gasteiger partial charge in [-0.1, -0.05) is 24.3 Å². The van der Waals surface area contributed by atoms with Gasteiger partial charge >= 0.3 is 0 Å². The second kappa shape index (κ2) is 22.2. The van der Waals surface area contributed by atoms with E-state index in [1.54, 1.807) is 56.7 Å². The molecule has 3 aromatic heterocycles. The number of nitrogens with one attached hydrogen (secondary N) is 5. The lowest BCUT2D eigenvalue weighted by molar-refractivity contribution is -0.145. The third kappa shape index (κ3) is 11.3. The first-order valence-electron chi connectivity index (χ1n) is 26.1. The Bertz CT molecular complexity index is 3030. The van der Waals surface area contributed by atoms with Gasteiger partial charge in [0.15, 0.2) is 15.7 Å². The number of H-pyrrole nitrogens is 1. The van der Waals surface area contributed by atoms with Gasteiger partial charge in [0.05, 0.1) is 41.1 Å². The summed E-state index contributed by atoms with van der Waals surface area (Å²) in [6.07, 6.45) is 9.40. The molecule has 75 heavy (non-hydrogen) atoms. The number of aromatic amines is 1. The quantitative estimate of drug-likeness (QED) is 0.0924. The van der Waals surface area contributed by atoms with E-state index in [0.717, 1.165) is 49.2 Å². The van der Waals surface area contributed by atoms with Crippen LogP contribution in [-0.4, -0.2) is 165 Å². The number of amides is 4. The second-order valence-corrected chi connectivity index (χ2v) is 23.8. The van der Waals surface area contributed by atoms with Gasteiger partial charge in [-0.15, -0.1) is 0 Å². The number of nitrogens with zero attached hydrogens (tertiary/aromatic N) is 9. The number of likely N-dealkylation sites (N-methyl/N-ethyl adjacent to an activating group) is 1. The maximum absolute atomic E-state index is 14.6. The molecule has 5 N–H and O–H groups in total. The smallest absolute Gasteiger partial charge is 0.257 e. The lowest BCUT2D eigenvalue weighted by atomic mass is 9.87. The number of hydrogen-bond acceptors (Lipinski definition) is 16. The van der Waals surface area contributed by atoms with Gasteiger partial charge in [0.2, 0.25) is 23.7 Å². The number of rotatable bonds is 15. The highest BCUT2D eigenvalue weighted by Crippen LogP contribution is 2.38. The van der Waals surface area contributed by atoms with Crippen LogP contribution in [0.4, 0.5) is 17.6 Å². The van der Waals surface area contributed by atoms with Crippen LogP contribution in [0.25, 0.3) is 10.9 Å². The minimum atomic E-state index is -3.85. The highest BCUT2D eigenvalue weighted by atomic mass is 32.2. The third-order valence-corrected chi connectivity index (χ3v) is 17.8. The van der Waals surface area contributed by atoms with Gasteiger partial charge in [-0.25, -0.2) is 28.4 Å². The molecule has 5 atom stereocenters. The van der Waals surface area contributed by atoms with Crippen molar-refractivity contribution in [2.24, 2.45) is 0 Å². The van der Waals surface area contributed by atoms with Crippen molar-refractivity contribution in [1.82, 2.24) is 60.8 Å². The number of sulfone groups is 1. The SMILES string of the molecule is CN[C@@H](C)C(=O)N[C@H]1CN(C(=O)c2cnc(N3CCN(CCCOc4cc5ncnc(Nc6n[nH]c(C)c6C)c5cc4S(=O)(=O)C(C)(C)C)CC3)nc2)CC[C@H]2CC[C@@H](C(=O)N[C@@H]3CCCc4ccccc43)N2C1=O. The number of aromatic nitrogens is 6. The number of carbonyl (C=O) groups is 4. The molecule has 3 fully saturated rings. The lowest BCUT2D eigenvalue weighted by Crippen LogP contribution is -2.62. The Morgan fingerprint density at radius 3 is 2.39 bits per heavy atom. The van der Waals surface area contributed by atoms with Gasteiger partial charge in [0.25, 0.3) is 5.91 Å². The zero-order chi connectivity index (χ0) is 53.2. The Kier molecular flexibility index (Phi) is 15.7. The van der Waals surface area contributed by atoms with Gasteiger partial charge in [-0.2, -0.15) is 5.10 Å². The van der Waals surface area contributed by atoms with Gasteiger partial charge < -0.3 is 40.7 Å². The molecule has 4 amide bonds. The Morgan fingerprint density at radius 1 is 0.907 bits per heavy atom. The van der Waals surface area contributed by atoms with E-state index in [1.807, 2.05) is 26.0 Å². The summed E-state index contributed by atoms with van der Waals surface area (Å²) in [7, 11) is -2.19. The monoisotopic (exact) mass is 1050 g/mol. The summed E-state index contributed by atoms with van der Waals surface area (Å²) >= 11 is 0. The fourth-order valence-electron chi connectivity index (χ4n) is 10.5. The van der Waals surface area contributed by atoms with Gasteiger partial charge in [0, 0.05) is 80.4 Å². The average molecular weight is 1050 g/mol. The number of aryl methyl sites for hydroxylation is 2. The minimum Gasteiger partial charge on any atom is -0.492 e. The molecule has 1 aliphatic carbocycles. The zero-order valence-electron chi connectivity index (χ0n) is 44.0. The maximum atomic E-state index is 14.6. The van der Waals surface area contributed by atoms with Crippen molar-refractivity contribution in [3.05, 3.63) is 83.1 Å². The van der Waals surface area contributed by atoms with Gasteiger partial charge in [0.1, 0.15) is 34.9 Å². The largest absolute Gasteiger partial charge is 0.492 e. The highest BCUT2D eigenvalue weighted by molar-refractivity contribution is 7.92. The molecule has 6 heterocycles. The normalized spacial score (nSPS) is 20.9. The van der Waals surface area contributed by atoms with Crippen LogP contribution in [0.5, 0.6) is 5.75 Å². The Balaban J connectivity index is 0.803. The molecule has 0 unspecified atom stereocenters. The molecule has 9 rings (SSSR count). The molecule has 0 spiro atoms. The average Bonchev–Trinajstić information content (AvgIpc) is 3.98.